The van der Waals surface area contributed by atoms with Crippen LogP contribution in [0, 0.1) is 0 Å². The number of ether oxygens (including phenoxy) is 2. The fraction of sp³-hybridized carbons (Fsp3) is 0.150. The third kappa shape index (κ3) is 4.72. The minimum Gasteiger partial charge on any atom is -0.493 e. The third-order valence-electron chi connectivity index (χ3n) is 3.68. The number of methoxy groups -OCH3 is 1. The molecule has 2 N–H and O–H groups in total. The minimum absolute atomic E-state index is 0.260. The highest BCUT2D eigenvalue weighted by atomic mass is 16.5. The molecule has 27 heavy (non-hydrogen) atoms. The zero-order valence-corrected chi connectivity index (χ0v) is 15.1. The largest absolute Gasteiger partial charge is 0.493 e. The summed E-state index contributed by atoms with van der Waals surface area (Å²) < 4.78 is 10.8. The van der Waals surface area contributed by atoms with Crippen LogP contribution >= 0.6 is 0 Å². The Morgan fingerprint density at radius 2 is 1.96 bits per heavy atom. The van der Waals surface area contributed by atoms with Crippen LogP contribution < -0.4 is 20.5 Å². The number of benzene rings is 2. The number of aromatic nitrogens is 2. The summed E-state index contributed by atoms with van der Waals surface area (Å²) in [6, 6.07) is 16.4. The Labute approximate surface area is 156 Å². The number of H-pyrrole nitrogens is 1. The van der Waals surface area contributed by atoms with E-state index < -0.39 is 0 Å². The van der Waals surface area contributed by atoms with Crippen LogP contribution in [0.15, 0.2) is 64.5 Å². The van der Waals surface area contributed by atoms with Gasteiger partial charge in [-0.2, -0.15) is 5.10 Å². The lowest BCUT2D eigenvalue weighted by Gasteiger charge is -2.09. The molecule has 0 radical (unpaired) electrons. The van der Waals surface area contributed by atoms with E-state index in [1.54, 1.807) is 13.3 Å². The molecular formula is C20H20N4O3. The van der Waals surface area contributed by atoms with Gasteiger partial charge in [0.1, 0.15) is 0 Å². The zero-order valence-electron chi connectivity index (χ0n) is 15.1. The number of anilines is 1. The van der Waals surface area contributed by atoms with Gasteiger partial charge in [-0.25, -0.2) is 10.4 Å². The Balaban J connectivity index is 1.78. The smallest absolute Gasteiger partial charge is 0.252 e. The zero-order chi connectivity index (χ0) is 19.1. The van der Waals surface area contributed by atoms with Gasteiger partial charge in [0.15, 0.2) is 11.5 Å². The van der Waals surface area contributed by atoms with Crippen LogP contribution in [0.1, 0.15) is 12.5 Å². The molecule has 0 aliphatic heterocycles. The quantitative estimate of drug-likeness (QED) is 0.496. The number of aromatic amines is 1. The van der Waals surface area contributed by atoms with Crippen LogP contribution in [-0.2, 0) is 0 Å². The molecule has 0 saturated heterocycles. The molecule has 7 nitrogen and oxygen atoms in total. The summed E-state index contributed by atoms with van der Waals surface area (Å²) in [7, 11) is 1.59. The first-order valence-corrected chi connectivity index (χ1v) is 8.46. The molecule has 7 heteroatoms. The van der Waals surface area contributed by atoms with E-state index in [-0.39, 0.29) is 11.5 Å². The Kier molecular flexibility index (Phi) is 5.84. The van der Waals surface area contributed by atoms with Crippen molar-refractivity contribution >= 4 is 12.2 Å². The maximum atomic E-state index is 11.9. The second kappa shape index (κ2) is 8.66. The lowest BCUT2D eigenvalue weighted by Crippen LogP contribution is -2.10. The van der Waals surface area contributed by atoms with E-state index in [0.29, 0.717) is 23.8 Å². The number of hydrogen-bond donors (Lipinski definition) is 2. The van der Waals surface area contributed by atoms with E-state index in [1.165, 1.54) is 6.07 Å². The lowest BCUT2D eigenvalue weighted by atomic mass is 10.1. The molecular weight excluding hydrogens is 344 g/mol. The van der Waals surface area contributed by atoms with Gasteiger partial charge in [0.2, 0.25) is 5.95 Å². The molecule has 3 rings (SSSR count). The Bertz CT molecular complexity index is 984. The highest BCUT2D eigenvalue weighted by Crippen LogP contribution is 2.27. The highest BCUT2D eigenvalue weighted by Gasteiger charge is 2.05. The molecule has 3 aromatic rings. The molecule has 2 aromatic carbocycles. The maximum absolute atomic E-state index is 11.9. The molecule has 0 bridgehead atoms. The lowest BCUT2D eigenvalue weighted by molar-refractivity contribution is 0.311. The summed E-state index contributed by atoms with van der Waals surface area (Å²) in [6.07, 6.45) is 1.61. The first-order valence-electron chi connectivity index (χ1n) is 8.46. The fourth-order valence-corrected chi connectivity index (χ4v) is 2.48. The van der Waals surface area contributed by atoms with Crippen molar-refractivity contribution in [3.05, 3.63) is 70.5 Å². The topological polar surface area (TPSA) is 88.6 Å². The van der Waals surface area contributed by atoms with Gasteiger partial charge < -0.3 is 9.47 Å². The number of rotatable bonds is 7. The van der Waals surface area contributed by atoms with Crippen molar-refractivity contribution in [3.8, 4) is 22.8 Å². The molecule has 1 heterocycles. The van der Waals surface area contributed by atoms with Crippen LogP contribution in [0.2, 0.25) is 0 Å². The van der Waals surface area contributed by atoms with E-state index in [0.717, 1.165) is 11.1 Å². The molecule has 0 aliphatic carbocycles. The van der Waals surface area contributed by atoms with Crippen molar-refractivity contribution < 1.29 is 9.47 Å². The Hall–Kier alpha value is -3.61. The standard InChI is InChI=1S/C20H20N4O3/c1-3-27-18-11-14(9-10-17(18)26-2)13-21-24-20-22-16(12-19(25)23-20)15-7-5-4-6-8-15/h4-13H,3H2,1-2H3,(H2,22,23,24,25)/b21-13-. The summed E-state index contributed by atoms with van der Waals surface area (Å²) in [5, 5.41) is 4.14. The van der Waals surface area contributed by atoms with Crippen LogP contribution in [0.5, 0.6) is 11.5 Å². The first kappa shape index (κ1) is 18.2. The van der Waals surface area contributed by atoms with Gasteiger partial charge in [-0.15, -0.1) is 0 Å². The normalized spacial score (nSPS) is 10.7. The average Bonchev–Trinajstić information content (AvgIpc) is 2.69. The van der Waals surface area contributed by atoms with Gasteiger partial charge >= 0.3 is 0 Å². The fourth-order valence-electron chi connectivity index (χ4n) is 2.48. The van der Waals surface area contributed by atoms with Gasteiger partial charge in [0, 0.05) is 11.6 Å². The average molecular weight is 364 g/mol. The molecule has 0 atom stereocenters. The van der Waals surface area contributed by atoms with Gasteiger partial charge in [-0.05, 0) is 30.7 Å². The third-order valence-corrected chi connectivity index (χ3v) is 3.68. The summed E-state index contributed by atoms with van der Waals surface area (Å²) >= 11 is 0. The van der Waals surface area contributed by atoms with Crippen LogP contribution in [0.25, 0.3) is 11.3 Å². The molecule has 0 saturated carbocycles. The number of hydrogen-bond acceptors (Lipinski definition) is 6. The van der Waals surface area contributed by atoms with Gasteiger partial charge in [0.25, 0.3) is 5.56 Å². The van der Waals surface area contributed by atoms with Gasteiger partial charge in [-0.3, -0.25) is 9.78 Å². The van der Waals surface area contributed by atoms with E-state index in [4.69, 9.17) is 9.47 Å². The Morgan fingerprint density at radius 3 is 2.70 bits per heavy atom. The molecule has 0 fully saturated rings. The summed E-state index contributed by atoms with van der Waals surface area (Å²) in [6.45, 7) is 2.44. The minimum atomic E-state index is -0.260. The Morgan fingerprint density at radius 1 is 1.15 bits per heavy atom. The SMILES string of the molecule is CCOc1cc(/C=N\Nc2nc(-c3ccccc3)cc(=O)[nH]2)ccc1OC. The van der Waals surface area contributed by atoms with Crippen molar-refractivity contribution in [1.29, 1.82) is 0 Å². The number of nitrogens with zero attached hydrogens (tertiary/aromatic N) is 2. The first-order chi connectivity index (χ1) is 13.2. The van der Waals surface area contributed by atoms with E-state index in [1.807, 2.05) is 55.5 Å². The predicted octanol–water partition coefficient (Wildman–Crippen LogP) is 3.29. The molecule has 0 amide bonds. The summed E-state index contributed by atoms with van der Waals surface area (Å²) in [4.78, 5) is 18.9. The number of hydrazone groups is 1. The highest BCUT2D eigenvalue weighted by molar-refractivity contribution is 5.81. The van der Waals surface area contributed by atoms with Crippen LogP contribution in [-0.4, -0.2) is 29.9 Å². The summed E-state index contributed by atoms with van der Waals surface area (Å²) in [5.41, 5.74) is 4.73. The molecule has 1 aromatic heterocycles. The van der Waals surface area contributed by atoms with Crippen LogP contribution in [0.4, 0.5) is 5.95 Å². The second-order valence-corrected chi connectivity index (χ2v) is 5.56. The maximum Gasteiger partial charge on any atom is 0.252 e. The predicted molar refractivity (Wildman–Crippen MR) is 106 cm³/mol. The molecule has 0 aliphatic rings. The van der Waals surface area contributed by atoms with Crippen molar-refractivity contribution in [2.75, 3.05) is 19.1 Å². The summed E-state index contributed by atoms with van der Waals surface area (Å²) in [5.74, 6) is 1.56. The van der Waals surface area contributed by atoms with Crippen molar-refractivity contribution in [1.82, 2.24) is 9.97 Å². The molecule has 0 spiro atoms. The van der Waals surface area contributed by atoms with Crippen molar-refractivity contribution in [3.63, 3.8) is 0 Å². The number of nitrogens with one attached hydrogen (secondary N) is 2. The van der Waals surface area contributed by atoms with Crippen molar-refractivity contribution in [2.45, 2.75) is 6.92 Å². The molecule has 0 unspecified atom stereocenters. The van der Waals surface area contributed by atoms with E-state index in [9.17, 15) is 4.79 Å². The van der Waals surface area contributed by atoms with Gasteiger partial charge in [0.05, 0.1) is 25.6 Å². The monoisotopic (exact) mass is 364 g/mol. The van der Waals surface area contributed by atoms with Crippen LogP contribution in [0.3, 0.4) is 0 Å². The van der Waals surface area contributed by atoms with Crippen molar-refractivity contribution in [2.24, 2.45) is 5.10 Å². The molecule has 138 valence electrons. The van der Waals surface area contributed by atoms with Gasteiger partial charge in [-0.1, -0.05) is 30.3 Å². The second-order valence-electron chi connectivity index (χ2n) is 5.56. The van der Waals surface area contributed by atoms with E-state index >= 15 is 0 Å². The van der Waals surface area contributed by atoms with E-state index in [2.05, 4.69) is 20.5 Å².